The van der Waals surface area contributed by atoms with Crippen molar-refractivity contribution in [1.82, 2.24) is 4.98 Å². The predicted octanol–water partition coefficient (Wildman–Crippen LogP) is 2.70. The fourth-order valence-electron chi connectivity index (χ4n) is 4.22. The van der Waals surface area contributed by atoms with E-state index >= 15 is 4.39 Å². The number of rotatable bonds is 6. The third-order valence-corrected chi connectivity index (χ3v) is 6.67. The molecule has 0 radical (unpaired) electrons. The topological polar surface area (TPSA) is 56.3 Å². The van der Waals surface area contributed by atoms with Crippen LogP contribution in [0, 0.1) is 5.92 Å². The van der Waals surface area contributed by atoms with Crippen molar-refractivity contribution in [3.63, 3.8) is 0 Å². The van der Waals surface area contributed by atoms with Gasteiger partial charge in [0, 0.05) is 12.3 Å². The first kappa shape index (κ1) is 22.8. The Morgan fingerprint density at radius 3 is 2.33 bits per heavy atom. The molecule has 0 amide bonds. The average molecular weight is 419 g/mol. The van der Waals surface area contributed by atoms with Crippen molar-refractivity contribution < 1.29 is 36.4 Å². The van der Waals surface area contributed by atoms with E-state index in [-0.39, 0.29) is 36.2 Å². The number of halogens is 1. The van der Waals surface area contributed by atoms with E-state index in [2.05, 4.69) is 4.98 Å². The summed E-state index contributed by atoms with van der Waals surface area (Å²) < 4.78 is 47.2. The number of hydrogen-bond donors (Lipinski definition) is 0. The molecule has 4 nitrogen and oxygen atoms in total. The summed E-state index contributed by atoms with van der Waals surface area (Å²) >= 11 is 0. The van der Waals surface area contributed by atoms with Crippen molar-refractivity contribution >= 4 is 21.5 Å². The molecule has 0 unspecified atom stereocenters. The van der Waals surface area contributed by atoms with E-state index < -0.39 is 21.8 Å². The molecule has 0 bridgehead atoms. The molecule has 4 rings (SSSR count). The first-order chi connectivity index (χ1) is 14.1. The van der Waals surface area contributed by atoms with Crippen molar-refractivity contribution in [3.8, 4) is 5.88 Å². The second kappa shape index (κ2) is 9.96. The van der Waals surface area contributed by atoms with Crippen molar-refractivity contribution in [2.75, 3.05) is 0 Å². The van der Waals surface area contributed by atoms with Crippen LogP contribution in [0.4, 0.5) is 4.39 Å². The molecule has 30 heavy (non-hydrogen) atoms. The molecule has 1 aliphatic rings. The predicted molar refractivity (Wildman–Crippen MR) is 111 cm³/mol. The van der Waals surface area contributed by atoms with Crippen LogP contribution in [-0.2, 0) is 24.1 Å². The summed E-state index contributed by atoms with van der Waals surface area (Å²) in [5.41, 5.74) is 0.0936. The summed E-state index contributed by atoms with van der Waals surface area (Å²) in [5, 5.41) is -0.961. The van der Waals surface area contributed by atoms with Crippen molar-refractivity contribution in [2.24, 2.45) is 5.92 Å². The number of aromatic nitrogens is 1. The Morgan fingerprint density at radius 2 is 1.67 bits per heavy atom. The van der Waals surface area contributed by atoms with Gasteiger partial charge in [0.15, 0.2) is 5.00 Å². The molecule has 1 saturated carbocycles. The molecule has 0 N–H and O–H groups in total. The molecule has 1 fully saturated rings. The number of hydrogen-bond acceptors (Lipinski definition) is 5. The number of nitrogens with zero attached hydrogens (tertiary/aromatic N) is 1. The van der Waals surface area contributed by atoms with Crippen molar-refractivity contribution in [2.45, 2.75) is 43.2 Å². The molecule has 1 aliphatic carbocycles. The third-order valence-electron chi connectivity index (χ3n) is 5.72. The van der Waals surface area contributed by atoms with E-state index in [1.54, 1.807) is 42.6 Å². The Balaban J connectivity index is 0.00000256. The van der Waals surface area contributed by atoms with Gasteiger partial charge >= 0.3 is 18.9 Å². The van der Waals surface area contributed by atoms with Crippen LogP contribution in [0.25, 0.3) is 10.8 Å². The fraction of sp³-hybridized carbons (Fsp3) is 0.348. The minimum Gasteiger partial charge on any atom is -0.472 e. The largest absolute Gasteiger partial charge is 1.00 e. The van der Waals surface area contributed by atoms with Gasteiger partial charge in [-0.25, -0.2) is 4.98 Å². The second-order valence-electron chi connectivity index (χ2n) is 7.55. The van der Waals surface area contributed by atoms with Crippen LogP contribution in [-0.4, -0.2) is 11.1 Å². The minimum atomic E-state index is -3.04. The van der Waals surface area contributed by atoms with Crippen molar-refractivity contribution in [3.05, 3.63) is 72.4 Å². The van der Waals surface area contributed by atoms with Crippen LogP contribution in [0.15, 0.2) is 66.9 Å². The normalized spacial score (nSPS) is 17.8. The van der Waals surface area contributed by atoms with Crippen LogP contribution in [0.5, 0.6) is 5.88 Å². The molecule has 2 aromatic carbocycles. The van der Waals surface area contributed by atoms with Crippen LogP contribution in [0.2, 0.25) is 0 Å². The molecular weight excluding hydrogens is 396 g/mol. The summed E-state index contributed by atoms with van der Waals surface area (Å²) in [7, 11) is -3.04. The van der Waals surface area contributed by atoms with Gasteiger partial charge in [-0.05, 0) is 57.9 Å². The Hall–Kier alpha value is -1.87. The van der Waals surface area contributed by atoms with Crippen LogP contribution >= 0.6 is 0 Å². The van der Waals surface area contributed by atoms with Gasteiger partial charge in [0.2, 0.25) is 5.88 Å². The maximum atomic E-state index is 16.5. The van der Waals surface area contributed by atoms with Gasteiger partial charge in [-0.2, -0.15) is 0 Å². The Bertz CT molecular complexity index is 1050. The Kier molecular flexibility index (Phi) is 7.57. The van der Waals surface area contributed by atoms with Gasteiger partial charge in [-0.15, -0.1) is 0 Å². The number of pyridine rings is 1. The van der Waals surface area contributed by atoms with E-state index in [4.69, 9.17) is 4.74 Å². The standard InChI is InChI=1S/C23H23FNO3S.Li/c24-23(29(26)27,20-14-13-17-8-4-5-11-19(17)16-20)22(18-9-2-1-3-10-18)28-21-12-6-7-15-25-21;/h4-8,11-16,18,22H,1-3,9-10H2;/q-1;+1/t22-,23-;/m0./s1. The average Bonchev–Trinajstić information content (AvgIpc) is 2.78. The molecule has 2 atom stereocenters. The van der Waals surface area contributed by atoms with E-state index in [9.17, 15) is 8.42 Å². The van der Waals surface area contributed by atoms with Gasteiger partial charge in [-0.3, -0.25) is 4.39 Å². The second-order valence-corrected chi connectivity index (χ2v) is 8.61. The number of alkyl halides is 1. The summed E-state index contributed by atoms with van der Waals surface area (Å²) in [5.74, 6) is 0.0245. The molecule has 1 heterocycles. The zero-order valence-electron chi connectivity index (χ0n) is 17.0. The summed E-state index contributed by atoms with van der Waals surface area (Å²) in [6.45, 7) is 0. The zero-order valence-corrected chi connectivity index (χ0v) is 17.8. The summed E-state index contributed by atoms with van der Waals surface area (Å²) in [6.07, 6.45) is 4.79. The number of benzene rings is 2. The smallest absolute Gasteiger partial charge is 0.472 e. The molecule has 0 saturated heterocycles. The van der Waals surface area contributed by atoms with Gasteiger partial charge in [0.05, 0.1) is 0 Å². The quantitative estimate of drug-likeness (QED) is 0.455. The molecule has 0 aliphatic heterocycles. The molecule has 3 aromatic rings. The fourth-order valence-corrected chi connectivity index (χ4v) is 4.97. The summed E-state index contributed by atoms with van der Waals surface area (Å²) in [4.78, 5) is 4.14. The molecule has 1 aromatic heterocycles. The summed E-state index contributed by atoms with van der Waals surface area (Å²) in [6, 6.07) is 17.5. The van der Waals surface area contributed by atoms with E-state index in [1.165, 1.54) is 0 Å². The number of ether oxygens (including phenoxy) is 1. The number of fused-ring (bicyclic) bond motifs is 1. The van der Waals surface area contributed by atoms with Crippen LogP contribution in [0.3, 0.4) is 0 Å². The molecule has 7 heteroatoms. The van der Waals surface area contributed by atoms with Gasteiger partial charge in [-0.1, -0.05) is 61.7 Å². The molecule has 0 spiro atoms. The van der Waals surface area contributed by atoms with Crippen molar-refractivity contribution in [1.29, 1.82) is 0 Å². The SMILES string of the molecule is O=[S-](=O)[C@@](F)(c1ccc2ccccc2c1)[C@@H](Oc1ccccn1)C1CCCCC1.[Li+]. The van der Waals surface area contributed by atoms with Gasteiger partial charge < -0.3 is 13.2 Å². The van der Waals surface area contributed by atoms with E-state index in [1.807, 2.05) is 24.3 Å². The van der Waals surface area contributed by atoms with E-state index in [0.717, 1.165) is 42.9 Å². The Labute approximate surface area is 190 Å². The minimum absolute atomic E-state index is 0. The zero-order chi connectivity index (χ0) is 20.3. The van der Waals surface area contributed by atoms with Gasteiger partial charge in [0.25, 0.3) is 0 Å². The third kappa shape index (κ3) is 4.56. The van der Waals surface area contributed by atoms with Crippen LogP contribution in [0.1, 0.15) is 37.7 Å². The first-order valence-corrected chi connectivity index (χ1v) is 11.0. The van der Waals surface area contributed by atoms with Crippen LogP contribution < -0.4 is 23.6 Å². The van der Waals surface area contributed by atoms with Gasteiger partial charge in [0.1, 0.15) is 6.10 Å². The van der Waals surface area contributed by atoms with E-state index in [0.29, 0.717) is 0 Å². The Morgan fingerprint density at radius 1 is 0.967 bits per heavy atom. The maximum absolute atomic E-state index is 16.5. The molecular formula is C23H23FLiNO3S. The maximum Gasteiger partial charge on any atom is 1.00 e. The first-order valence-electron chi connectivity index (χ1n) is 9.94. The monoisotopic (exact) mass is 419 g/mol. The molecule has 152 valence electrons.